The first-order chi connectivity index (χ1) is 16.6. The summed E-state index contributed by atoms with van der Waals surface area (Å²) in [5, 5.41) is 3.27. The number of hydrogen-bond acceptors (Lipinski definition) is 3. The van der Waals surface area contributed by atoms with Gasteiger partial charge < -0.3 is 19.8 Å². The number of rotatable bonds is 16. The molecule has 0 amide bonds. The molecule has 5 nitrogen and oxygen atoms in total. The van der Waals surface area contributed by atoms with Crippen LogP contribution >= 0.6 is 7.60 Å². The van der Waals surface area contributed by atoms with E-state index in [-0.39, 0.29) is 6.16 Å². The van der Waals surface area contributed by atoms with Gasteiger partial charge in [-0.2, -0.15) is 0 Å². The first kappa shape index (κ1) is 29.6. The van der Waals surface area contributed by atoms with Crippen molar-refractivity contribution in [1.82, 2.24) is 5.32 Å². The van der Waals surface area contributed by atoms with Crippen molar-refractivity contribution >= 4 is 7.60 Å². The molecule has 0 fully saturated rings. The third-order valence-electron chi connectivity index (χ3n) is 6.72. The maximum atomic E-state index is 10.9. The lowest BCUT2D eigenvalue weighted by molar-refractivity contribution is 0.283. The van der Waals surface area contributed by atoms with Crippen LogP contribution in [0.1, 0.15) is 78.8 Å². The van der Waals surface area contributed by atoms with Crippen molar-refractivity contribution < 1.29 is 19.1 Å². The van der Waals surface area contributed by atoms with Gasteiger partial charge in [0.25, 0.3) is 0 Å². The standard InChI is InChI=1S/C29H46NO4P/c1-6-7-10-26(20-27-13-12-22(2)23(3)17-27)11-8-15-34-29-24(4)18-28(19-25(29)5)21-30-14-9-16-35(31,32)33/h12-13,17-19,26,30H,6-11,14-16,20-21H2,1-5H3,(H2,31,32,33). The summed E-state index contributed by atoms with van der Waals surface area (Å²) < 4.78 is 17.2. The molecule has 0 aliphatic rings. The van der Waals surface area contributed by atoms with E-state index in [1.807, 2.05) is 0 Å². The Morgan fingerprint density at radius 3 is 2.17 bits per heavy atom. The van der Waals surface area contributed by atoms with Gasteiger partial charge in [-0.25, -0.2) is 0 Å². The van der Waals surface area contributed by atoms with E-state index in [0.717, 1.165) is 41.9 Å². The van der Waals surface area contributed by atoms with Gasteiger partial charge in [-0.3, -0.25) is 4.57 Å². The van der Waals surface area contributed by atoms with Gasteiger partial charge in [0.15, 0.2) is 0 Å². The molecule has 2 aromatic carbocycles. The van der Waals surface area contributed by atoms with Crippen molar-refractivity contribution in [3.63, 3.8) is 0 Å². The zero-order valence-corrected chi connectivity index (χ0v) is 23.3. The molecule has 0 saturated carbocycles. The minimum Gasteiger partial charge on any atom is -0.493 e. The van der Waals surface area contributed by atoms with Gasteiger partial charge in [0, 0.05) is 6.54 Å². The van der Waals surface area contributed by atoms with Crippen LogP contribution in [0, 0.1) is 33.6 Å². The molecule has 2 aromatic rings. The average Bonchev–Trinajstić information content (AvgIpc) is 2.77. The van der Waals surface area contributed by atoms with Crippen LogP contribution in [0.2, 0.25) is 0 Å². The Labute approximate surface area is 212 Å². The van der Waals surface area contributed by atoms with Crippen LogP contribution < -0.4 is 10.1 Å². The maximum Gasteiger partial charge on any atom is 0.325 e. The number of unbranched alkanes of at least 4 members (excludes halogenated alkanes) is 1. The summed E-state index contributed by atoms with van der Waals surface area (Å²) in [5.74, 6) is 1.68. The van der Waals surface area contributed by atoms with Crippen LogP contribution in [0.5, 0.6) is 5.75 Å². The third kappa shape index (κ3) is 11.3. The number of hydrogen-bond donors (Lipinski definition) is 3. The lowest BCUT2D eigenvalue weighted by Crippen LogP contribution is -2.16. The molecule has 0 radical (unpaired) electrons. The Morgan fingerprint density at radius 1 is 0.886 bits per heavy atom. The zero-order chi connectivity index (χ0) is 25.8. The molecular formula is C29H46NO4P. The second-order valence-electron chi connectivity index (χ2n) is 10.1. The molecule has 1 atom stereocenters. The van der Waals surface area contributed by atoms with Gasteiger partial charge in [-0.1, -0.05) is 56.5 Å². The minimum absolute atomic E-state index is 0.0746. The number of nitrogens with one attached hydrogen (secondary N) is 1. The van der Waals surface area contributed by atoms with Gasteiger partial charge in [-0.15, -0.1) is 0 Å². The first-order valence-corrected chi connectivity index (χ1v) is 14.9. The minimum atomic E-state index is -3.90. The molecule has 0 spiro atoms. The van der Waals surface area contributed by atoms with Crippen LogP contribution in [0.3, 0.4) is 0 Å². The highest BCUT2D eigenvalue weighted by molar-refractivity contribution is 7.51. The van der Waals surface area contributed by atoms with Gasteiger partial charge in [0.2, 0.25) is 0 Å². The SMILES string of the molecule is CCCCC(CCCOc1c(C)cc(CNCCCP(=O)(O)O)cc1C)Cc1ccc(C)c(C)c1. The van der Waals surface area contributed by atoms with E-state index >= 15 is 0 Å². The van der Waals surface area contributed by atoms with Gasteiger partial charge in [0.1, 0.15) is 5.75 Å². The molecule has 3 N–H and O–H groups in total. The van der Waals surface area contributed by atoms with E-state index in [4.69, 9.17) is 14.5 Å². The van der Waals surface area contributed by atoms with Crippen LogP contribution in [-0.2, 0) is 17.5 Å². The molecule has 1 unspecified atom stereocenters. The topological polar surface area (TPSA) is 78.8 Å². The molecule has 2 rings (SSSR count). The Kier molecular flexibility index (Phi) is 12.5. The highest BCUT2D eigenvalue weighted by Gasteiger charge is 2.13. The van der Waals surface area contributed by atoms with E-state index in [2.05, 4.69) is 70.3 Å². The third-order valence-corrected chi connectivity index (χ3v) is 7.62. The summed E-state index contributed by atoms with van der Waals surface area (Å²) >= 11 is 0. The van der Waals surface area contributed by atoms with Crippen LogP contribution in [0.25, 0.3) is 0 Å². The fraction of sp³-hybridized carbons (Fsp3) is 0.586. The lowest BCUT2D eigenvalue weighted by atomic mass is 9.89. The van der Waals surface area contributed by atoms with Crippen molar-refractivity contribution in [3.8, 4) is 5.75 Å². The molecular weight excluding hydrogens is 457 g/mol. The van der Waals surface area contributed by atoms with Crippen LogP contribution in [0.4, 0.5) is 0 Å². The summed E-state index contributed by atoms with van der Waals surface area (Å²) in [7, 11) is -3.90. The molecule has 196 valence electrons. The van der Waals surface area contributed by atoms with Gasteiger partial charge >= 0.3 is 7.60 Å². The number of benzene rings is 2. The van der Waals surface area contributed by atoms with E-state index in [9.17, 15) is 4.57 Å². The predicted molar refractivity (Wildman–Crippen MR) is 147 cm³/mol. The van der Waals surface area contributed by atoms with E-state index < -0.39 is 7.60 Å². The molecule has 0 aliphatic carbocycles. The van der Waals surface area contributed by atoms with E-state index in [0.29, 0.717) is 25.4 Å². The molecule has 0 bridgehead atoms. The van der Waals surface area contributed by atoms with Crippen molar-refractivity contribution in [2.24, 2.45) is 5.92 Å². The highest BCUT2D eigenvalue weighted by atomic mass is 31.2. The van der Waals surface area contributed by atoms with Crippen LogP contribution in [-0.4, -0.2) is 29.1 Å². The summed E-state index contributed by atoms with van der Waals surface area (Å²) in [6, 6.07) is 11.2. The Balaban J connectivity index is 1.83. The van der Waals surface area contributed by atoms with Crippen LogP contribution in [0.15, 0.2) is 30.3 Å². The maximum absolute atomic E-state index is 10.9. The average molecular weight is 504 g/mol. The van der Waals surface area contributed by atoms with E-state index in [1.165, 1.54) is 42.4 Å². The molecule has 0 aromatic heterocycles. The fourth-order valence-corrected chi connectivity index (χ4v) is 5.23. The molecule has 0 aliphatic heterocycles. The lowest BCUT2D eigenvalue weighted by Gasteiger charge is -2.19. The highest BCUT2D eigenvalue weighted by Crippen LogP contribution is 2.34. The van der Waals surface area contributed by atoms with Crippen molar-refractivity contribution in [3.05, 3.63) is 63.7 Å². The molecule has 6 heteroatoms. The quantitative estimate of drug-likeness (QED) is 0.174. The van der Waals surface area contributed by atoms with Crippen molar-refractivity contribution in [2.45, 2.75) is 86.1 Å². The van der Waals surface area contributed by atoms with Crippen molar-refractivity contribution in [1.29, 1.82) is 0 Å². The summed E-state index contributed by atoms with van der Waals surface area (Å²) in [6.07, 6.45) is 7.57. The monoisotopic (exact) mass is 503 g/mol. The first-order valence-electron chi connectivity index (χ1n) is 13.1. The number of ether oxygens (including phenoxy) is 1. The van der Waals surface area contributed by atoms with E-state index in [1.54, 1.807) is 0 Å². The second kappa shape index (κ2) is 14.8. The molecule has 0 heterocycles. The molecule has 35 heavy (non-hydrogen) atoms. The van der Waals surface area contributed by atoms with Gasteiger partial charge in [0.05, 0.1) is 12.8 Å². The Hall–Kier alpha value is -1.65. The van der Waals surface area contributed by atoms with Crippen molar-refractivity contribution in [2.75, 3.05) is 19.3 Å². The second-order valence-corrected chi connectivity index (χ2v) is 11.9. The smallest absolute Gasteiger partial charge is 0.325 e. The summed E-state index contributed by atoms with van der Waals surface area (Å²) in [4.78, 5) is 17.9. The summed E-state index contributed by atoms with van der Waals surface area (Å²) in [5.41, 5.74) is 7.62. The fourth-order valence-electron chi connectivity index (χ4n) is 4.66. The largest absolute Gasteiger partial charge is 0.493 e. The number of aryl methyl sites for hydroxylation is 4. The molecule has 0 saturated heterocycles. The van der Waals surface area contributed by atoms with Gasteiger partial charge in [-0.05, 0) is 99.2 Å². The predicted octanol–water partition coefficient (Wildman–Crippen LogP) is 6.79. The Morgan fingerprint density at radius 2 is 1.54 bits per heavy atom. The summed E-state index contributed by atoms with van der Waals surface area (Å²) in [6.45, 7) is 12.8. The zero-order valence-electron chi connectivity index (χ0n) is 22.4. The Bertz CT molecular complexity index is 946. The normalized spacial score (nSPS) is 12.7.